The van der Waals surface area contributed by atoms with Gasteiger partial charge in [-0.1, -0.05) is 54.6 Å². The molecule has 0 bridgehead atoms. The van der Waals surface area contributed by atoms with Crippen molar-refractivity contribution in [1.29, 1.82) is 0 Å². The average molecular weight is 835 g/mol. The lowest BCUT2D eigenvalue weighted by Crippen LogP contribution is -2.38. The molecule has 3 aromatic carbocycles. The number of aryl methyl sites for hydroxylation is 1. The van der Waals surface area contributed by atoms with Crippen LogP contribution in [0.2, 0.25) is 0 Å². The number of aliphatic hydroxyl groups is 1. The number of hydrogen-bond donors (Lipinski definition) is 4. The summed E-state index contributed by atoms with van der Waals surface area (Å²) >= 11 is 0. The summed E-state index contributed by atoms with van der Waals surface area (Å²) in [6, 6.07) is 25.1. The first-order valence-electron chi connectivity index (χ1n) is 18.6. The van der Waals surface area contributed by atoms with Gasteiger partial charge in [-0.15, -0.1) is 0 Å². The fourth-order valence-corrected chi connectivity index (χ4v) is 8.23. The van der Waals surface area contributed by atoms with Crippen molar-refractivity contribution in [2.75, 3.05) is 27.4 Å². The van der Waals surface area contributed by atoms with Crippen molar-refractivity contribution in [2.45, 2.75) is 62.2 Å². The molecule has 312 valence electrons. The van der Waals surface area contributed by atoms with Crippen LogP contribution in [0.5, 0.6) is 11.5 Å². The van der Waals surface area contributed by atoms with E-state index < -0.39 is 79.4 Å². The van der Waals surface area contributed by atoms with Crippen LogP contribution >= 0.6 is 7.82 Å². The van der Waals surface area contributed by atoms with E-state index in [0.717, 1.165) is 20.8 Å². The summed E-state index contributed by atoms with van der Waals surface area (Å²) in [5, 5.41) is 10.7. The van der Waals surface area contributed by atoms with E-state index in [2.05, 4.69) is 9.97 Å². The molecule has 4 N–H and O–H groups in total. The molecule has 0 amide bonds. The lowest BCUT2D eigenvalue weighted by molar-refractivity contribution is -0.0952. The number of H-pyrrole nitrogens is 2. The van der Waals surface area contributed by atoms with Crippen LogP contribution < -0.4 is 32.0 Å². The van der Waals surface area contributed by atoms with E-state index in [-0.39, 0.29) is 25.0 Å². The van der Waals surface area contributed by atoms with E-state index in [9.17, 15) is 33.7 Å². The molecule has 0 aliphatic carbocycles. The Morgan fingerprint density at radius 2 is 1.34 bits per heavy atom. The summed E-state index contributed by atoms with van der Waals surface area (Å²) in [7, 11) is -1.87. The molecule has 2 saturated heterocycles. The quantitative estimate of drug-likeness (QED) is 0.0878. The van der Waals surface area contributed by atoms with Crippen LogP contribution in [0.1, 0.15) is 47.6 Å². The maximum absolute atomic E-state index is 13.7. The zero-order valence-corrected chi connectivity index (χ0v) is 33.1. The van der Waals surface area contributed by atoms with Gasteiger partial charge in [0.1, 0.15) is 47.9 Å². The minimum absolute atomic E-state index is 0.0764. The molecule has 7 atom stereocenters. The molecule has 0 radical (unpaired) electrons. The first-order chi connectivity index (χ1) is 28.3. The molecule has 7 rings (SSSR count). The number of phosphoric acid groups is 1. The van der Waals surface area contributed by atoms with Crippen LogP contribution in [-0.2, 0) is 33.4 Å². The zero-order valence-electron chi connectivity index (χ0n) is 32.2. The predicted octanol–water partition coefficient (Wildman–Crippen LogP) is 2.86. The number of benzene rings is 3. The van der Waals surface area contributed by atoms with Crippen LogP contribution in [0, 0.1) is 6.92 Å². The van der Waals surface area contributed by atoms with Crippen molar-refractivity contribution >= 4 is 7.82 Å². The maximum atomic E-state index is 13.7. The van der Waals surface area contributed by atoms with E-state index in [0.29, 0.717) is 22.6 Å². The van der Waals surface area contributed by atoms with Crippen LogP contribution in [0.15, 0.2) is 117 Å². The van der Waals surface area contributed by atoms with Crippen molar-refractivity contribution in [3.05, 3.63) is 161 Å². The third-order valence-corrected chi connectivity index (χ3v) is 11.3. The van der Waals surface area contributed by atoms with E-state index in [1.807, 2.05) is 54.6 Å². The van der Waals surface area contributed by atoms with Gasteiger partial charge in [-0.2, -0.15) is 0 Å². The Kier molecular flexibility index (Phi) is 12.3. The number of ether oxygens (including phenoxy) is 5. The summed E-state index contributed by atoms with van der Waals surface area (Å²) in [4.78, 5) is 64.6. The average Bonchev–Trinajstić information content (AvgIpc) is 3.80. The number of nitrogens with zero attached hydrogens (tertiary/aromatic N) is 2. The van der Waals surface area contributed by atoms with E-state index in [1.165, 1.54) is 19.3 Å². The molecule has 19 heteroatoms. The highest BCUT2D eigenvalue weighted by Gasteiger charge is 2.46. The largest absolute Gasteiger partial charge is 0.497 e. The van der Waals surface area contributed by atoms with Crippen molar-refractivity contribution in [3.8, 4) is 11.5 Å². The Balaban J connectivity index is 1.17. The van der Waals surface area contributed by atoms with Gasteiger partial charge in [-0.05, 0) is 47.9 Å². The second-order valence-corrected chi connectivity index (χ2v) is 15.4. The third kappa shape index (κ3) is 8.95. The molecule has 0 saturated carbocycles. The van der Waals surface area contributed by atoms with Crippen LogP contribution in [0.25, 0.3) is 0 Å². The van der Waals surface area contributed by atoms with Crippen molar-refractivity contribution in [3.63, 3.8) is 0 Å². The number of aromatic amines is 2. The number of rotatable bonds is 15. The van der Waals surface area contributed by atoms with E-state index >= 15 is 0 Å². The van der Waals surface area contributed by atoms with Gasteiger partial charge in [-0.25, -0.2) is 14.2 Å². The predicted molar refractivity (Wildman–Crippen MR) is 209 cm³/mol. The minimum atomic E-state index is -4.98. The molecular formula is C40H43N4O14P. The summed E-state index contributed by atoms with van der Waals surface area (Å²) in [6.45, 7) is 0.612. The summed E-state index contributed by atoms with van der Waals surface area (Å²) in [5.41, 5.74) is -1.69. The summed E-state index contributed by atoms with van der Waals surface area (Å²) < 4.78 is 57.0. The van der Waals surface area contributed by atoms with Gasteiger partial charge in [0.15, 0.2) is 0 Å². The molecule has 2 aliphatic heterocycles. The Morgan fingerprint density at radius 1 is 0.763 bits per heavy atom. The minimum Gasteiger partial charge on any atom is -0.497 e. The molecule has 4 heterocycles. The normalized spacial score (nSPS) is 22.9. The van der Waals surface area contributed by atoms with Crippen LogP contribution in [0.3, 0.4) is 0 Å². The van der Waals surface area contributed by atoms with Crippen molar-refractivity contribution < 1.29 is 47.3 Å². The Labute approximate surface area is 336 Å². The number of nitrogens with one attached hydrogen (secondary N) is 2. The fourth-order valence-electron chi connectivity index (χ4n) is 7.27. The number of phosphoric ester groups is 1. The topological polar surface area (TPSA) is 232 Å². The second kappa shape index (κ2) is 17.4. The number of aromatic nitrogens is 4. The Morgan fingerprint density at radius 3 is 1.95 bits per heavy atom. The van der Waals surface area contributed by atoms with Gasteiger partial charge in [0.2, 0.25) is 0 Å². The lowest BCUT2D eigenvalue weighted by Gasteiger charge is -2.37. The van der Waals surface area contributed by atoms with Crippen molar-refractivity contribution in [1.82, 2.24) is 19.1 Å². The van der Waals surface area contributed by atoms with Gasteiger partial charge in [0, 0.05) is 36.9 Å². The Bertz CT molecular complexity index is 2470. The van der Waals surface area contributed by atoms with Crippen LogP contribution in [0.4, 0.5) is 0 Å². The molecular weight excluding hydrogens is 791 g/mol. The smallest absolute Gasteiger partial charge is 0.472 e. The zero-order chi connectivity index (χ0) is 41.9. The molecule has 59 heavy (non-hydrogen) atoms. The van der Waals surface area contributed by atoms with Crippen LogP contribution in [-0.4, -0.2) is 81.0 Å². The Hall–Kier alpha value is -5.43. The van der Waals surface area contributed by atoms with E-state index in [1.54, 1.807) is 38.5 Å². The lowest BCUT2D eigenvalue weighted by atomic mass is 9.80. The van der Waals surface area contributed by atoms with Gasteiger partial charge in [0.05, 0.1) is 33.5 Å². The summed E-state index contributed by atoms with van der Waals surface area (Å²) in [5.74, 6) is 1.22. The van der Waals surface area contributed by atoms with Gasteiger partial charge in [-0.3, -0.25) is 37.7 Å². The molecule has 0 spiro atoms. The first-order valence-corrected chi connectivity index (χ1v) is 20.1. The van der Waals surface area contributed by atoms with Gasteiger partial charge < -0.3 is 33.7 Å². The third-order valence-electron chi connectivity index (χ3n) is 10.3. The maximum Gasteiger partial charge on any atom is 0.472 e. The molecule has 2 aromatic heterocycles. The number of aliphatic hydroxyl groups excluding tert-OH is 1. The molecule has 2 aliphatic rings. The monoisotopic (exact) mass is 834 g/mol. The first kappa shape index (κ1) is 41.7. The SMILES string of the molecule is COc1ccc(C(OC[C@H]2O[C@@H](n3ccc(=O)[nH]c3=O)C[C@@H]2OP(=O)(O)OC[C@H]2O[C@@H](n3cc(C)c(=O)[nH]c3=O)C[C@@H]2O)(c2ccccc2)c2ccc(OC)cc2)cc1. The molecule has 5 aromatic rings. The molecule has 2 fully saturated rings. The number of hydrogen-bond acceptors (Lipinski definition) is 13. The fraction of sp³-hybridized carbons (Fsp3) is 0.350. The van der Waals surface area contributed by atoms with Gasteiger partial charge >= 0.3 is 19.2 Å². The second-order valence-electron chi connectivity index (χ2n) is 14.0. The van der Waals surface area contributed by atoms with Gasteiger partial charge in [0.25, 0.3) is 11.1 Å². The standard InChI is InChI=1S/C40H43N4O14P/c1-24-21-44(39(49)42-37(24)47)35-19-30(45)32(56-35)23-55-59(50,51)58-31-20-36(43-18-17-34(46)41-38(43)48)57-33(31)22-54-40(25-7-5-4-6-8-25,26-9-13-28(52-2)14-10-26)27-11-15-29(53-3)16-12-27/h4-18,21,30-33,35-36,45H,19-20,22-23H2,1-3H3,(H,50,51)(H,41,46,48)(H,42,47,49)/t30-,31-,32+,33+,35+,36+/m0/s1. The van der Waals surface area contributed by atoms with E-state index in [4.69, 9.17) is 32.7 Å². The summed E-state index contributed by atoms with van der Waals surface area (Å²) in [6.07, 6.45) is -4.49. The molecule has 18 nitrogen and oxygen atoms in total. The highest BCUT2D eigenvalue weighted by molar-refractivity contribution is 7.47. The number of methoxy groups -OCH3 is 2. The molecule has 1 unspecified atom stereocenters. The highest BCUT2D eigenvalue weighted by atomic mass is 31.2. The highest BCUT2D eigenvalue weighted by Crippen LogP contribution is 2.50. The van der Waals surface area contributed by atoms with Crippen molar-refractivity contribution in [2.24, 2.45) is 0 Å².